The van der Waals surface area contributed by atoms with E-state index < -0.39 is 0 Å². The number of nitrogens with two attached hydrogens (primary N) is 1. The van der Waals surface area contributed by atoms with Crippen molar-refractivity contribution in [3.05, 3.63) is 72.4 Å². The van der Waals surface area contributed by atoms with Crippen molar-refractivity contribution >= 4 is 28.8 Å². The molecule has 1 fully saturated rings. The lowest BCUT2D eigenvalue weighted by Gasteiger charge is -2.33. The molecule has 2 heterocycles. The number of likely N-dealkylation sites (tertiary alicyclic amines) is 1. The van der Waals surface area contributed by atoms with Gasteiger partial charge in [-0.1, -0.05) is 18.2 Å². The van der Waals surface area contributed by atoms with Crippen LogP contribution >= 0.6 is 0 Å². The maximum absolute atomic E-state index is 12.4. The highest BCUT2D eigenvalue weighted by atomic mass is 16.5. The van der Waals surface area contributed by atoms with Gasteiger partial charge in [-0.15, -0.1) is 0 Å². The summed E-state index contributed by atoms with van der Waals surface area (Å²) in [6.45, 7) is 3.64. The molecule has 1 aliphatic heterocycles. The van der Waals surface area contributed by atoms with Crippen molar-refractivity contribution in [2.45, 2.75) is 19.8 Å². The van der Waals surface area contributed by atoms with Gasteiger partial charge < -0.3 is 30.8 Å². The maximum Gasteiger partial charge on any atom is 0.248 e. The van der Waals surface area contributed by atoms with Crippen LogP contribution in [0.2, 0.25) is 0 Å². The summed E-state index contributed by atoms with van der Waals surface area (Å²) in [6.07, 6.45) is 3.30. The van der Waals surface area contributed by atoms with Crippen molar-refractivity contribution in [1.82, 2.24) is 9.88 Å². The lowest BCUT2D eigenvalue weighted by atomic mass is 9.88. The average Bonchev–Trinajstić information content (AvgIpc) is 2.89. The lowest BCUT2D eigenvalue weighted by molar-refractivity contribution is -0.137. The SMILES string of the molecule is CCOCC(=O)N1CCCC(C(=N)c2ccnc(N)c2Nc2ccc(Oc3ccccc3)cc2)C1. The Labute approximate surface area is 205 Å². The molecule has 35 heavy (non-hydrogen) atoms. The van der Waals surface area contributed by atoms with E-state index >= 15 is 0 Å². The molecule has 8 nitrogen and oxygen atoms in total. The zero-order valence-electron chi connectivity index (χ0n) is 19.9. The number of amides is 1. The van der Waals surface area contributed by atoms with Gasteiger partial charge in [0.05, 0.1) is 5.69 Å². The number of nitrogens with one attached hydrogen (secondary N) is 2. The second-order valence-corrected chi connectivity index (χ2v) is 8.41. The molecule has 8 heteroatoms. The van der Waals surface area contributed by atoms with Crippen molar-refractivity contribution in [2.24, 2.45) is 5.92 Å². The summed E-state index contributed by atoms with van der Waals surface area (Å²) in [5.41, 5.74) is 8.75. The average molecular weight is 474 g/mol. The summed E-state index contributed by atoms with van der Waals surface area (Å²) >= 11 is 0. The van der Waals surface area contributed by atoms with Crippen molar-refractivity contribution in [1.29, 1.82) is 5.41 Å². The molecule has 1 amide bonds. The van der Waals surface area contributed by atoms with Crippen LogP contribution in [0.3, 0.4) is 0 Å². The Hall–Kier alpha value is -3.91. The fourth-order valence-corrected chi connectivity index (χ4v) is 4.15. The first kappa shape index (κ1) is 24.2. The van der Waals surface area contributed by atoms with Crippen LogP contribution in [0.4, 0.5) is 17.2 Å². The minimum absolute atomic E-state index is 0.0326. The third kappa shape index (κ3) is 6.16. The number of nitrogens with zero attached hydrogens (tertiary/aromatic N) is 2. The van der Waals surface area contributed by atoms with Crippen molar-refractivity contribution in [3.63, 3.8) is 0 Å². The Morgan fingerprint density at radius 3 is 2.63 bits per heavy atom. The summed E-state index contributed by atoms with van der Waals surface area (Å²) < 4.78 is 11.1. The largest absolute Gasteiger partial charge is 0.457 e. The van der Waals surface area contributed by atoms with Gasteiger partial charge in [-0.25, -0.2) is 4.98 Å². The lowest BCUT2D eigenvalue weighted by Crippen LogP contribution is -2.44. The predicted octanol–water partition coefficient (Wildman–Crippen LogP) is 4.84. The number of aromatic nitrogens is 1. The summed E-state index contributed by atoms with van der Waals surface area (Å²) in [5.74, 6) is 1.68. The summed E-state index contributed by atoms with van der Waals surface area (Å²) in [4.78, 5) is 18.5. The van der Waals surface area contributed by atoms with E-state index in [1.807, 2.05) is 61.5 Å². The molecule has 1 aromatic heterocycles. The van der Waals surface area contributed by atoms with Crippen LogP contribution in [-0.4, -0.2) is 47.8 Å². The van der Waals surface area contributed by atoms with Gasteiger partial charge in [0.1, 0.15) is 23.9 Å². The number of hydrogen-bond donors (Lipinski definition) is 3. The molecule has 1 saturated heterocycles. The molecule has 182 valence electrons. The van der Waals surface area contributed by atoms with Crippen LogP contribution in [0.5, 0.6) is 11.5 Å². The number of hydrogen-bond acceptors (Lipinski definition) is 7. The molecule has 2 aromatic carbocycles. The van der Waals surface area contributed by atoms with Gasteiger partial charge in [0.25, 0.3) is 0 Å². The fourth-order valence-electron chi connectivity index (χ4n) is 4.15. The van der Waals surface area contributed by atoms with Crippen LogP contribution < -0.4 is 15.8 Å². The Morgan fingerprint density at radius 1 is 1.14 bits per heavy atom. The van der Waals surface area contributed by atoms with Gasteiger partial charge >= 0.3 is 0 Å². The van der Waals surface area contributed by atoms with Gasteiger partial charge in [-0.2, -0.15) is 0 Å². The maximum atomic E-state index is 12.4. The standard InChI is InChI=1S/C27H31N5O3/c1-2-34-18-24(33)32-16-6-7-19(17-32)25(28)23-14-15-30-27(29)26(23)31-20-10-12-22(13-11-20)35-21-8-4-3-5-9-21/h3-5,8-15,19,28,31H,2,6-7,16-18H2,1H3,(H2,29,30). The van der Waals surface area contributed by atoms with E-state index in [2.05, 4.69) is 10.3 Å². The van der Waals surface area contributed by atoms with Gasteiger partial charge in [0.15, 0.2) is 0 Å². The van der Waals surface area contributed by atoms with Crippen LogP contribution in [0.25, 0.3) is 0 Å². The van der Waals surface area contributed by atoms with Crippen molar-refractivity contribution in [3.8, 4) is 11.5 Å². The first-order valence-electron chi connectivity index (χ1n) is 11.8. The van der Waals surface area contributed by atoms with Crippen LogP contribution in [-0.2, 0) is 9.53 Å². The highest BCUT2D eigenvalue weighted by Gasteiger charge is 2.28. The minimum Gasteiger partial charge on any atom is -0.457 e. The highest BCUT2D eigenvalue weighted by Crippen LogP contribution is 2.31. The molecule has 1 aliphatic rings. The van der Waals surface area contributed by atoms with Gasteiger partial charge in [-0.3, -0.25) is 4.79 Å². The van der Waals surface area contributed by atoms with Crippen LogP contribution in [0, 0.1) is 11.3 Å². The predicted molar refractivity (Wildman–Crippen MR) is 138 cm³/mol. The topological polar surface area (TPSA) is 114 Å². The quantitative estimate of drug-likeness (QED) is 0.383. The minimum atomic E-state index is -0.0849. The van der Waals surface area contributed by atoms with E-state index in [0.717, 1.165) is 24.3 Å². The number of nitrogen functional groups attached to an aromatic ring is 1. The molecule has 0 radical (unpaired) electrons. The molecule has 4 rings (SSSR count). The third-order valence-corrected chi connectivity index (χ3v) is 5.99. The zero-order chi connectivity index (χ0) is 24.6. The van der Waals surface area contributed by atoms with Gasteiger partial charge in [0.2, 0.25) is 5.91 Å². The zero-order valence-corrected chi connectivity index (χ0v) is 19.9. The fraction of sp³-hybridized carbons (Fsp3) is 0.296. The number of piperidine rings is 1. The second-order valence-electron chi connectivity index (χ2n) is 8.41. The van der Waals surface area contributed by atoms with E-state index in [1.54, 1.807) is 17.2 Å². The van der Waals surface area contributed by atoms with E-state index in [1.165, 1.54) is 0 Å². The molecule has 3 aromatic rings. The number of carbonyl (C=O) groups excluding carboxylic acids is 1. The van der Waals surface area contributed by atoms with Gasteiger partial charge in [-0.05, 0) is 62.2 Å². The molecule has 4 N–H and O–H groups in total. The van der Waals surface area contributed by atoms with E-state index in [4.69, 9.17) is 20.6 Å². The first-order chi connectivity index (χ1) is 17.0. The van der Waals surface area contributed by atoms with E-state index in [9.17, 15) is 4.79 Å². The number of pyridine rings is 1. The molecule has 1 atom stereocenters. The van der Waals surface area contributed by atoms with Crippen LogP contribution in [0.15, 0.2) is 66.9 Å². The summed E-state index contributed by atoms with van der Waals surface area (Å²) in [7, 11) is 0. The van der Waals surface area contributed by atoms with E-state index in [0.29, 0.717) is 48.2 Å². The Bertz CT molecular complexity index is 1150. The van der Waals surface area contributed by atoms with Crippen LogP contribution in [0.1, 0.15) is 25.3 Å². The van der Waals surface area contributed by atoms with Crippen molar-refractivity contribution < 1.29 is 14.3 Å². The van der Waals surface area contributed by atoms with Gasteiger partial charge in [0, 0.05) is 48.8 Å². The smallest absolute Gasteiger partial charge is 0.248 e. The second kappa shape index (κ2) is 11.5. The molecule has 0 aliphatic carbocycles. The highest BCUT2D eigenvalue weighted by molar-refractivity contribution is 6.07. The third-order valence-electron chi connectivity index (χ3n) is 5.99. The monoisotopic (exact) mass is 473 g/mol. The Balaban J connectivity index is 1.47. The first-order valence-corrected chi connectivity index (χ1v) is 11.8. The van der Waals surface area contributed by atoms with E-state index in [-0.39, 0.29) is 18.4 Å². The number of para-hydroxylation sites is 1. The molecule has 1 unspecified atom stereocenters. The number of benzene rings is 2. The molecular weight excluding hydrogens is 442 g/mol. The Kier molecular flexibility index (Phi) is 7.95. The molecule has 0 bridgehead atoms. The number of rotatable bonds is 9. The molecule has 0 spiro atoms. The van der Waals surface area contributed by atoms with Crippen molar-refractivity contribution in [2.75, 3.05) is 37.4 Å². The number of carbonyl (C=O) groups is 1. The Morgan fingerprint density at radius 2 is 1.89 bits per heavy atom. The number of ether oxygens (including phenoxy) is 2. The molecule has 0 saturated carbocycles. The normalized spacial score (nSPS) is 15.5. The summed E-state index contributed by atoms with van der Waals surface area (Å²) in [6, 6.07) is 18.9. The molecular formula is C27H31N5O3. The number of anilines is 3. The summed E-state index contributed by atoms with van der Waals surface area (Å²) in [5, 5.41) is 12.3.